The van der Waals surface area contributed by atoms with Crippen LogP contribution < -0.4 is 9.47 Å². The maximum absolute atomic E-state index is 7.64. The van der Waals surface area contributed by atoms with Gasteiger partial charge >= 0.3 is 0 Å². The maximum atomic E-state index is 7.64. The Morgan fingerprint density at radius 2 is 1.25 bits per heavy atom. The zero-order valence-corrected chi connectivity index (χ0v) is 29.8. The first-order valence-electron chi connectivity index (χ1n) is 17.6. The smallest absolute Gasteiger partial charge is 0.178 e. The molecule has 2 nitrogen and oxygen atoms in total. The standard InChI is InChI=1S/C46H48O2/c1-42(2,3)30-17-19-31(20-18-30)46(32-21-23-33(47-8)24-22-32)26-25-37-40-39(34-13-9-10-14-35(34)41(37)48-46)36-15-11-12-16-38(36)45(40)28-43(4,5)27-44(6,7)29-45/h9-26H,27-29H2,1-8H3. The number of fused-ring (bicyclic) bond motifs is 10. The van der Waals surface area contributed by atoms with Crippen LogP contribution >= 0.6 is 0 Å². The van der Waals surface area contributed by atoms with Crippen molar-refractivity contribution in [1.29, 1.82) is 0 Å². The first-order chi connectivity index (χ1) is 22.8. The van der Waals surface area contributed by atoms with Crippen molar-refractivity contribution in [1.82, 2.24) is 0 Å². The second-order valence-corrected chi connectivity index (χ2v) is 17.3. The third-order valence-corrected chi connectivity index (χ3v) is 11.4. The fourth-order valence-corrected chi connectivity index (χ4v) is 10.1. The molecule has 0 N–H and O–H groups in total. The average molecular weight is 633 g/mol. The highest BCUT2D eigenvalue weighted by Gasteiger charge is 2.55. The molecule has 0 saturated heterocycles. The molecule has 5 aromatic carbocycles. The Balaban J connectivity index is 1.43. The molecule has 0 amide bonds. The molecule has 1 spiro atoms. The lowest BCUT2D eigenvalue weighted by molar-refractivity contribution is 0.0642. The maximum Gasteiger partial charge on any atom is 0.178 e. The average Bonchev–Trinajstić information content (AvgIpc) is 3.31. The van der Waals surface area contributed by atoms with Crippen molar-refractivity contribution < 1.29 is 9.47 Å². The molecule has 0 bridgehead atoms. The van der Waals surface area contributed by atoms with Crippen molar-refractivity contribution in [2.45, 2.75) is 84.2 Å². The van der Waals surface area contributed by atoms with Gasteiger partial charge in [0.05, 0.1) is 7.11 Å². The molecule has 5 aromatic rings. The molecule has 8 rings (SSSR count). The Kier molecular flexibility index (Phi) is 6.68. The van der Waals surface area contributed by atoms with Crippen LogP contribution in [0.15, 0.2) is 103 Å². The van der Waals surface area contributed by atoms with Crippen LogP contribution in [0.1, 0.15) is 101 Å². The highest BCUT2D eigenvalue weighted by molar-refractivity contribution is 6.08. The van der Waals surface area contributed by atoms with E-state index in [9.17, 15) is 0 Å². The summed E-state index contributed by atoms with van der Waals surface area (Å²) < 4.78 is 13.2. The van der Waals surface area contributed by atoms with E-state index in [-0.39, 0.29) is 21.7 Å². The zero-order chi connectivity index (χ0) is 33.7. The summed E-state index contributed by atoms with van der Waals surface area (Å²) in [4.78, 5) is 0. The number of rotatable bonds is 3. The number of ether oxygens (including phenoxy) is 2. The molecular formula is C46H48O2. The van der Waals surface area contributed by atoms with Crippen molar-refractivity contribution in [3.63, 3.8) is 0 Å². The topological polar surface area (TPSA) is 18.5 Å². The highest BCUT2D eigenvalue weighted by atomic mass is 16.5. The molecule has 1 fully saturated rings. The van der Waals surface area contributed by atoms with Gasteiger partial charge in [-0.3, -0.25) is 0 Å². The number of benzene rings is 5. The summed E-state index contributed by atoms with van der Waals surface area (Å²) in [6, 6.07) is 35.7. The van der Waals surface area contributed by atoms with Gasteiger partial charge in [-0.05, 0) is 86.9 Å². The van der Waals surface area contributed by atoms with Gasteiger partial charge in [-0.2, -0.15) is 0 Å². The second-order valence-electron chi connectivity index (χ2n) is 17.3. The van der Waals surface area contributed by atoms with E-state index in [1.54, 1.807) is 7.11 Å². The SMILES string of the molecule is COc1ccc(C2(c3ccc(C(C)(C)C)cc3)C=Cc3c4c(c5ccccc5c3O2)-c2ccccc2C42CC(C)(C)CC(C)(C)C2)cc1. The van der Waals surface area contributed by atoms with Crippen molar-refractivity contribution in [3.05, 3.63) is 137 Å². The minimum absolute atomic E-state index is 0.0588. The Bertz CT molecular complexity index is 2070. The van der Waals surface area contributed by atoms with Gasteiger partial charge in [0.1, 0.15) is 11.5 Å². The highest BCUT2D eigenvalue weighted by Crippen LogP contribution is 2.66. The lowest BCUT2D eigenvalue weighted by atomic mass is 9.52. The van der Waals surface area contributed by atoms with Gasteiger partial charge in [0.15, 0.2) is 5.60 Å². The van der Waals surface area contributed by atoms with Gasteiger partial charge in [-0.25, -0.2) is 0 Å². The van der Waals surface area contributed by atoms with Crippen LogP contribution in [0.5, 0.6) is 11.5 Å². The van der Waals surface area contributed by atoms with Gasteiger partial charge in [-0.15, -0.1) is 0 Å². The molecule has 0 radical (unpaired) electrons. The molecule has 1 saturated carbocycles. The van der Waals surface area contributed by atoms with Gasteiger partial charge < -0.3 is 9.47 Å². The van der Waals surface area contributed by atoms with Crippen LogP contribution in [0.4, 0.5) is 0 Å². The molecule has 244 valence electrons. The van der Waals surface area contributed by atoms with Crippen molar-refractivity contribution in [3.8, 4) is 22.6 Å². The minimum Gasteiger partial charge on any atom is -0.497 e. The molecular weight excluding hydrogens is 585 g/mol. The van der Waals surface area contributed by atoms with E-state index in [1.165, 1.54) is 50.6 Å². The summed E-state index contributed by atoms with van der Waals surface area (Å²) in [5, 5.41) is 2.44. The molecule has 0 aromatic heterocycles. The second kappa shape index (κ2) is 10.3. The molecule has 3 aliphatic rings. The van der Waals surface area contributed by atoms with E-state index in [4.69, 9.17) is 9.47 Å². The fourth-order valence-electron chi connectivity index (χ4n) is 10.1. The van der Waals surface area contributed by atoms with Gasteiger partial charge in [0.2, 0.25) is 0 Å². The van der Waals surface area contributed by atoms with Crippen molar-refractivity contribution in [2.24, 2.45) is 10.8 Å². The Morgan fingerprint density at radius 1 is 0.667 bits per heavy atom. The summed E-state index contributed by atoms with van der Waals surface area (Å²) in [7, 11) is 1.72. The van der Waals surface area contributed by atoms with Gasteiger partial charge in [0, 0.05) is 27.5 Å². The van der Waals surface area contributed by atoms with E-state index in [0.717, 1.165) is 35.5 Å². The summed E-state index contributed by atoms with van der Waals surface area (Å²) >= 11 is 0. The van der Waals surface area contributed by atoms with Crippen LogP contribution in [0.25, 0.3) is 28.0 Å². The molecule has 2 heteroatoms. The zero-order valence-electron chi connectivity index (χ0n) is 29.8. The van der Waals surface area contributed by atoms with Gasteiger partial charge in [0.25, 0.3) is 0 Å². The van der Waals surface area contributed by atoms with E-state index in [1.807, 2.05) is 12.1 Å². The van der Waals surface area contributed by atoms with Crippen LogP contribution in [0.2, 0.25) is 0 Å². The van der Waals surface area contributed by atoms with Crippen LogP contribution in [0.3, 0.4) is 0 Å². The lowest BCUT2D eigenvalue weighted by Crippen LogP contribution is -2.44. The van der Waals surface area contributed by atoms with E-state index >= 15 is 0 Å². The number of methoxy groups -OCH3 is 1. The van der Waals surface area contributed by atoms with Crippen LogP contribution in [-0.4, -0.2) is 7.11 Å². The van der Waals surface area contributed by atoms with Crippen LogP contribution in [0, 0.1) is 10.8 Å². The minimum atomic E-state index is -0.809. The van der Waals surface area contributed by atoms with E-state index in [2.05, 4.69) is 146 Å². The number of hydrogen-bond acceptors (Lipinski definition) is 2. The molecule has 1 aliphatic heterocycles. The summed E-state index contributed by atoms with van der Waals surface area (Å²) in [6.07, 6.45) is 8.18. The first kappa shape index (κ1) is 31.0. The van der Waals surface area contributed by atoms with Crippen molar-refractivity contribution in [2.75, 3.05) is 7.11 Å². The largest absolute Gasteiger partial charge is 0.497 e. The lowest BCUT2D eigenvalue weighted by Gasteiger charge is -2.52. The summed E-state index contributed by atoms with van der Waals surface area (Å²) in [5.41, 5.74) is 10.00. The fraction of sp³-hybridized carbons (Fsp3) is 0.348. The van der Waals surface area contributed by atoms with Gasteiger partial charge in [-0.1, -0.05) is 139 Å². The molecule has 1 unspecified atom stereocenters. The third kappa shape index (κ3) is 4.59. The predicted molar refractivity (Wildman–Crippen MR) is 200 cm³/mol. The monoisotopic (exact) mass is 632 g/mol. The molecule has 2 aliphatic carbocycles. The summed E-state index contributed by atoms with van der Waals surface area (Å²) in [6.45, 7) is 16.7. The van der Waals surface area contributed by atoms with E-state index in [0.29, 0.717) is 0 Å². The summed E-state index contributed by atoms with van der Waals surface area (Å²) in [5.74, 6) is 1.82. The Labute approximate surface area is 286 Å². The van der Waals surface area contributed by atoms with E-state index < -0.39 is 5.60 Å². The molecule has 1 heterocycles. The third-order valence-electron chi connectivity index (χ3n) is 11.4. The first-order valence-corrected chi connectivity index (χ1v) is 17.6. The number of hydrogen-bond donors (Lipinski definition) is 0. The van der Waals surface area contributed by atoms with Crippen molar-refractivity contribution >= 4 is 16.8 Å². The Hall–Kier alpha value is -4.30. The van der Waals surface area contributed by atoms with Crippen LogP contribution in [-0.2, 0) is 16.4 Å². The quantitative estimate of drug-likeness (QED) is 0.197. The molecule has 1 atom stereocenters. The predicted octanol–water partition coefficient (Wildman–Crippen LogP) is 12.0. The normalized spacial score (nSPS) is 21.3. The molecule has 48 heavy (non-hydrogen) atoms. The Morgan fingerprint density at radius 3 is 1.88 bits per heavy atom.